The molecule has 7 rings (SSSR count). The smallest absolute Gasteiger partial charge is 0.324 e. The Labute approximate surface area is 388 Å². The number of allylic oxidation sites excluding steroid dienone is 3. The van der Waals surface area contributed by atoms with Crippen molar-refractivity contribution in [2.24, 2.45) is 0 Å². The number of hydrogen-bond donors (Lipinski definition) is 0. The number of nitro groups is 2. The molecule has 0 spiro atoms. The van der Waals surface area contributed by atoms with Gasteiger partial charge in [0, 0.05) is 27.3 Å². The highest BCUT2D eigenvalue weighted by Crippen LogP contribution is 2.35. The molecule has 324 valence electrons. The Morgan fingerprint density at radius 1 is 0.562 bits per heavy atom. The number of thiophene rings is 6. The Bertz CT molecular complexity index is 3190. The zero-order chi connectivity index (χ0) is 46.5. The fourth-order valence-corrected chi connectivity index (χ4v) is 13.8. The molecule has 1 aromatic carbocycles. The summed E-state index contributed by atoms with van der Waals surface area (Å²) in [5.74, 6) is 1.16. The number of ether oxygens (including phenoxy) is 1. The summed E-state index contributed by atoms with van der Waals surface area (Å²) in [7, 11) is -11.5. The van der Waals surface area contributed by atoms with Crippen LogP contribution in [-0.2, 0) is 29.5 Å². The highest BCUT2D eigenvalue weighted by atomic mass is 32.2. The third-order valence-electron chi connectivity index (χ3n) is 7.55. The lowest BCUT2D eigenvalue weighted by Crippen LogP contribution is -2.01. The van der Waals surface area contributed by atoms with Gasteiger partial charge in [0.25, 0.3) is 0 Å². The normalized spacial score (nSPS) is 12.0. The summed E-state index contributed by atoms with van der Waals surface area (Å²) in [5, 5.41) is 56.3. The van der Waals surface area contributed by atoms with Crippen molar-refractivity contribution in [3.8, 4) is 29.7 Å². The molecule has 0 aliphatic rings. The second-order valence-corrected chi connectivity index (χ2v) is 23.6. The summed E-state index contributed by atoms with van der Waals surface area (Å²) in [5.41, 5.74) is 0. The molecule has 25 heteroatoms. The highest BCUT2D eigenvalue weighted by molar-refractivity contribution is 7.98. The van der Waals surface area contributed by atoms with E-state index < -0.39 is 49.2 Å². The average molecular weight is 1030 g/mol. The van der Waals surface area contributed by atoms with E-state index in [4.69, 9.17) is 15.3 Å². The zero-order valence-corrected chi connectivity index (χ0v) is 39.0. The molecule has 0 bridgehead atoms. The summed E-state index contributed by atoms with van der Waals surface area (Å²) < 4.78 is 79.6. The molecule has 0 unspecified atom stereocenters. The summed E-state index contributed by atoms with van der Waals surface area (Å²) >= 11 is 6.23. The Kier molecular flexibility index (Phi) is 16.5. The standard InChI is InChI=1S/C17H11NO3S3.2C11H6N2O4S3/c18-12-14(24(19,20)17-7-4-9-23-17)11-16-15(8-10-22-16)21-13-5-2-1-3-6-13;12-6-10(20(16,17)9-3-4-18-7-9)5-8-1-2-11(19-8)13(14)15;12-7-9(20(16,17)11-2-1-5-18-11)6-8-3-4-10(19-8)13(14)15/h1-11H;1-5,7H;1-6H/b14-11+;10-5+;9-6+. The maximum absolute atomic E-state index is 12.5. The molecule has 7 aromatic rings. The molecule has 0 fully saturated rings. The first-order chi connectivity index (χ1) is 30.5. The van der Waals surface area contributed by atoms with Crippen molar-refractivity contribution in [3.63, 3.8) is 0 Å². The Balaban J connectivity index is 0.000000182. The number of hydrogen-bond acceptors (Lipinski definition) is 20. The van der Waals surface area contributed by atoms with E-state index >= 15 is 0 Å². The summed E-state index contributed by atoms with van der Waals surface area (Å²) in [6, 6.07) is 28.8. The molecule has 6 aromatic heterocycles. The molecule has 0 aliphatic carbocycles. The Morgan fingerprint density at radius 2 is 1.06 bits per heavy atom. The number of benzene rings is 1. The fourth-order valence-electron chi connectivity index (χ4n) is 4.62. The monoisotopic (exact) mass is 1020 g/mol. The van der Waals surface area contributed by atoms with Crippen LogP contribution in [0, 0.1) is 54.2 Å². The van der Waals surface area contributed by atoms with Gasteiger partial charge in [0.2, 0.25) is 29.5 Å². The third-order valence-corrected chi connectivity index (χ3v) is 19.0. The molecule has 0 saturated heterocycles. The first-order valence-corrected chi connectivity index (χ1v) is 26.7. The van der Waals surface area contributed by atoms with Gasteiger partial charge in [-0.05, 0) is 88.3 Å². The molecule has 0 aliphatic heterocycles. The van der Waals surface area contributed by atoms with Gasteiger partial charge in [0.1, 0.15) is 38.1 Å². The van der Waals surface area contributed by atoms with Gasteiger partial charge in [0.15, 0.2) is 14.7 Å². The lowest BCUT2D eigenvalue weighted by atomic mass is 10.3. The highest BCUT2D eigenvalue weighted by Gasteiger charge is 2.25. The quantitative estimate of drug-likeness (QED) is 0.0590. The van der Waals surface area contributed by atoms with Gasteiger partial charge >= 0.3 is 10.0 Å². The van der Waals surface area contributed by atoms with Crippen LogP contribution in [0.3, 0.4) is 0 Å². The third kappa shape index (κ3) is 12.2. The van der Waals surface area contributed by atoms with Crippen LogP contribution in [-0.4, -0.2) is 35.1 Å². The van der Waals surface area contributed by atoms with Gasteiger partial charge in [-0.1, -0.05) is 53.0 Å². The van der Waals surface area contributed by atoms with Gasteiger partial charge in [0.05, 0.1) is 19.6 Å². The van der Waals surface area contributed by atoms with Crippen LogP contribution in [0.15, 0.2) is 146 Å². The van der Waals surface area contributed by atoms with Crippen LogP contribution in [0.2, 0.25) is 0 Å². The number of sulfone groups is 3. The van der Waals surface area contributed by atoms with Crippen molar-refractivity contribution in [2.45, 2.75) is 13.3 Å². The van der Waals surface area contributed by atoms with Gasteiger partial charge in [-0.3, -0.25) is 20.2 Å². The van der Waals surface area contributed by atoms with E-state index in [0.29, 0.717) is 26.1 Å². The van der Waals surface area contributed by atoms with Crippen molar-refractivity contribution < 1.29 is 39.8 Å². The summed E-state index contributed by atoms with van der Waals surface area (Å²) in [4.78, 5) is 20.1. The van der Waals surface area contributed by atoms with E-state index in [-0.39, 0.29) is 28.2 Å². The summed E-state index contributed by atoms with van der Waals surface area (Å²) in [6.07, 6.45) is 3.65. The minimum atomic E-state index is -3.87. The predicted octanol–water partition coefficient (Wildman–Crippen LogP) is 11.1. The zero-order valence-electron chi connectivity index (χ0n) is 31.7. The fraction of sp³-hybridized carbons (Fsp3) is 0. The molecule has 0 amide bonds. The second kappa shape index (κ2) is 21.8. The molecule has 6 heterocycles. The maximum atomic E-state index is 12.5. The van der Waals surface area contributed by atoms with Crippen molar-refractivity contribution in [1.82, 2.24) is 0 Å². The number of nitrogens with zero attached hydrogens (tertiary/aromatic N) is 5. The van der Waals surface area contributed by atoms with E-state index in [0.717, 1.165) is 57.5 Å². The minimum Gasteiger partial charge on any atom is -0.456 e. The number of nitriles is 3. The largest absolute Gasteiger partial charge is 0.456 e. The lowest BCUT2D eigenvalue weighted by Gasteiger charge is -2.05. The van der Waals surface area contributed by atoms with E-state index in [1.165, 1.54) is 76.6 Å². The van der Waals surface area contributed by atoms with Gasteiger partial charge in [-0.15, -0.1) is 34.0 Å². The molecule has 64 heavy (non-hydrogen) atoms. The second-order valence-electron chi connectivity index (χ2n) is 11.6. The SMILES string of the molecule is N#C/C(=C\c1ccc([N+](=O)[O-])s1)S(=O)(=O)c1cccs1.N#C/C(=C\c1ccc([N+](=O)[O-])s1)S(=O)(=O)c1ccsc1.N#C/C(=C\c1sccc1Oc1ccccc1)S(=O)(=O)c1cccs1. The van der Waals surface area contributed by atoms with Gasteiger partial charge in [-0.25, -0.2) is 25.3 Å². The summed E-state index contributed by atoms with van der Waals surface area (Å²) in [6.45, 7) is 0. The van der Waals surface area contributed by atoms with Crippen LogP contribution in [0.5, 0.6) is 11.5 Å². The first-order valence-electron chi connectivity index (χ1n) is 17.0. The molecule has 0 saturated carbocycles. The van der Waals surface area contributed by atoms with Gasteiger partial charge in [-0.2, -0.15) is 27.1 Å². The van der Waals surface area contributed by atoms with Crippen LogP contribution in [0.1, 0.15) is 14.6 Å². The number of rotatable bonds is 13. The van der Waals surface area contributed by atoms with Crippen LogP contribution >= 0.6 is 68.0 Å². The predicted molar refractivity (Wildman–Crippen MR) is 248 cm³/mol. The minimum absolute atomic E-state index is 0.0429. The Hall–Kier alpha value is -6.44. The molecule has 16 nitrogen and oxygen atoms in total. The van der Waals surface area contributed by atoms with Crippen molar-refractivity contribution in [1.29, 1.82) is 15.8 Å². The van der Waals surface area contributed by atoms with Crippen LogP contribution in [0.25, 0.3) is 18.2 Å². The van der Waals surface area contributed by atoms with Crippen LogP contribution < -0.4 is 4.74 Å². The van der Waals surface area contributed by atoms with Crippen molar-refractivity contribution in [2.75, 3.05) is 0 Å². The average Bonchev–Trinajstić information content (AvgIpc) is 4.13. The van der Waals surface area contributed by atoms with E-state index in [1.54, 1.807) is 70.1 Å². The maximum Gasteiger partial charge on any atom is 0.324 e. The van der Waals surface area contributed by atoms with Gasteiger partial charge < -0.3 is 4.74 Å². The van der Waals surface area contributed by atoms with Crippen LogP contribution in [0.4, 0.5) is 10.0 Å². The molecular formula is C39H23N5O11S9. The molecule has 0 atom stereocenters. The van der Waals surface area contributed by atoms with E-state index in [2.05, 4.69) is 0 Å². The van der Waals surface area contributed by atoms with Crippen molar-refractivity contribution in [3.05, 3.63) is 167 Å². The molecule has 0 N–H and O–H groups in total. The van der Waals surface area contributed by atoms with Crippen molar-refractivity contribution >= 4 is 126 Å². The topological polar surface area (TPSA) is 269 Å². The Morgan fingerprint density at radius 3 is 1.48 bits per heavy atom. The number of para-hydroxylation sites is 1. The van der Waals surface area contributed by atoms with E-state index in [9.17, 15) is 50.7 Å². The molecular weight excluding hydrogens is 1000 g/mol. The van der Waals surface area contributed by atoms with E-state index in [1.807, 2.05) is 18.2 Å². The molecule has 0 radical (unpaired) electrons. The lowest BCUT2D eigenvalue weighted by molar-refractivity contribution is -0.380. The first kappa shape index (κ1) is 48.6.